The summed E-state index contributed by atoms with van der Waals surface area (Å²) in [7, 11) is 0. The van der Waals surface area contributed by atoms with Crippen LogP contribution in [0.25, 0.3) is 0 Å². The molecule has 1 aliphatic rings. The van der Waals surface area contributed by atoms with Crippen LogP contribution in [0, 0.1) is 22.4 Å². The van der Waals surface area contributed by atoms with Gasteiger partial charge in [0.2, 0.25) is 0 Å². The Morgan fingerprint density at radius 1 is 1.18 bits per heavy atom. The maximum atomic E-state index is 13.5. The van der Waals surface area contributed by atoms with Gasteiger partial charge in [-0.1, -0.05) is 5.18 Å². The standard InChI is InChI=1S/C10H8F3NO3/c11-7-5(4-14-15)3-6(8(12)9(7)13)10-16-1-2-17-10/h3,10H,1-2,4H2. The lowest BCUT2D eigenvalue weighted by atomic mass is 10.1. The molecule has 0 spiro atoms. The van der Waals surface area contributed by atoms with E-state index in [1.807, 2.05) is 0 Å². The molecule has 0 bridgehead atoms. The molecule has 1 heterocycles. The van der Waals surface area contributed by atoms with E-state index < -0.39 is 30.3 Å². The molecule has 0 unspecified atom stereocenters. The molecule has 0 amide bonds. The van der Waals surface area contributed by atoms with Crippen LogP contribution in [0.4, 0.5) is 13.2 Å². The van der Waals surface area contributed by atoms with Crippen molar-refractivity contribution in [1.82, 2.24) is 0 Å². The summed E-state index contributed by atoms with van der Waals surface area (Å²) < 4.78 is 49.9. The SMILES string of the molecule is O=NCc1cc(C2OCCO2)c(F)c(F)c1F. The fourth-order valence-corrected chi connectivity index (χ4v) is 1.57. The normalized spacial score (nSPS) is 16.4. The Balaban J connectivity index is 2.46. The second-order valence-electron chi connectivity index (χ2n) is 3.43. The zero-order chi connectivity index (χ0) is 12.4. The average molecular weight is 247 g/mol. The first kappa shape index (κ1) is 12.0. The van der Waals surface area contributed by atoms with E-state index in [4.69, 9.17) is 9.47 Å². The minimum atomic E-state index is -1.65. The van der Waals surface area contributed by atoms with Gasteiger partial charge in [0.05, 0.1) is 13.2 Å². The third kappa shape index (κ3) is 2.16. The maximum absolute atomic E-state index is 13.5. The van der Waals surface area contributed by atoms with Crippen LogP contribution in [0.1, 0.15) is 17.4 Å². The van der Waals surface area contributed by atoms with Crippen molar-refractivity contribution in [2.24, 2.45) is 5.18 Å². The molecular formula is C10H8F3NO3. The molecule has 92 valence electrons. The molecule has 1 aromatic carbocycles. The zero-order valence-corrected chi connectivity index (χ0v) is 8.58. The highest BCUT2D eigenvalue weighted by Crippen LogP contribution is 2.30. The Kier molecular flexibility index (Phi) is 3.39. The highest BCUT2D eigenvalue weighted by molar-refractivity contribution is 5.29. The number of ether oxygens (including phenoxy) is 2. The molecule has 4 nitrogen and oxygen atoms in total. The summed E-state index contributed by atoms with van der Waals surface area (Å²) in [5.41, 5.74) is -0.590. The van der Waals surface area contributed by atoms with Gasteiger partial charge in [0.1, 0.15) is 6.54 Å². The number of hydrogen-bond donors (Lipinski definition) is 0. The Bertz CT molecular complexity index is 447. The highest BCUT2D eigenvalue weighted by Gasteiger charge is 2.27. The van der Waals surface area contributed by atoms with Crippen LogP contribution < -0.4 is 0 Å². The van der Waals surface area contributed by atoms with Gasteiger partial charge >= 0.3 is 0 Å². The highest BCUT2D eigenvalue weighted by atomic mass is 19.2. The van der Waals surface area contributed by atoms with Crippen molar-refractivity contribution in [3.63, 3.8) is 0 Å². The van der Waals surface area contributed by atoms with Crippen LogP contribution in [0.2, 0.25) is 0 Å². The molecule has 7 heteroatoms. The summed E-state index contributed by atoms with van der Waals surface area (Å²) in [4.78, 5) is 10.1. The van der Waals surface area contributed by atoms with E-state index in [2.05, 4.69) is 5.18 Å². The van der Waals surface area contributed by atoms with Crippen molar-refractivity contribution in [2.45, 2.75) is 12.8 Å². The van der Waals surface area contributed by atoms with Gasteiger partial charge in [-0.15, -0.1) is 0 Å². The smallest absolute Gasteiger partial charge is 0.195 e. The van der Waals surface area contributed by atoms with E-state index in [0.29, 0.717) is 0 Å². The molecule has 0 saturated carbocycles. The molecule has 0 atom stereocenters. The average Bonchev–Trinajstić information content (AvgIpc) is 2.83. The monoisotopic (exact) mass is 247 g/mol. The number of nitrogens with zero attached hydrogens (tertiary/aromatic N) is 1. The number of nitroso groups, excluding NO2 is 1. The number of benzene rings is 1. The summed E-state index contributed by atoms with van der Waals surface area (Å²) in [6.45, 7) is -0.0997. The largest absolute Gasteiger partial charge is 0.346 e. The third-order valence-corrected chi connectivity index (χ3v) is 2.36. The van der Waals surface area contributed by atoms with Crippen molar-refractivity contribution in [3.05, 3.63) is 39.6 Å². The molecule has 0 radical (unpaired) electrons. The van der Waals surface area contributed by atoms with Crippen LogP contribution in [-0.2, 0) is 16.0 Å². The van der Waals surface area contributed by atoms with Gasteiger partial charge in [-0.25, -0.2) is 13.2 Å². The number of hydrogen-bond acceptors (Lipinski definition) is 4. The molecule has 1 saturated heterocycles. The molecule has 17 heavy (non-hydrogen) atoms. The molecule has 1 aliphatic heterocycles. The number of rotatable bonds is 3. The van der Waals surface area contributed by atoms with Crippen molar-refractivity contribution in [3.8, 4) is 0 Å². The Hall–Kier alpha value is -1.47. The minimum absolute atomic E-state index is 0.240. The zero-order valence-electron chi connectivity index (χ0n) is 8.58. The fraction of sp³-hybridized carbons (Fsp3) is 0.400. The molecule has 0 aliphatic carbocycles. The van der Waals surface area contributed by atoms with Crippen molar-refractivity contribution < 1.29 is 22.6 Å². The summed E-state index contributed by atoms with van der Waals surface area (Å²) in [5, 5.41) is 2.44. The maximum Gasteiger partial charge on any atom is 0.195 e. The lowest BCUT2D eigenvalue weighted by Gasteiger charge is -2.12. The second-order valence-corrected chi connectivity index (χ2v) is 3.43. The van der Waals surface area contributed by atoms with Crippen molar-refractivity contribution in [1.29, 1.82) is 0 Å². The van der Waals surface area contributed by atoms with Gasteiger partial charge in [-0.05, 0) is 6.07 Å². The predicted molar refractivity (Wildman–Crippen MR) is 50.5 cm³/mol. The lowest BCUT2D eigenvalue weighted by Crippen LogP contribution is -2.08. The van der Waals surface area contributed by atoms with E-state index >= 15 is 0 Å². The lowest BCUT2D eigenvalue weighted by molar-refractivity contribution is -0.0470. The van der Waals surface area contributed by atoms with E-state index in [9.17, 15) is 18.1 Å². The fourth-order valence-electron chi connectivity index (χ4n) is 1.57. The van der Waals surface area contributed by atoms with E-state index in [1.165, 1.54) is 0 Å². The molecule has 1 aromatic rings. The summed E-state index contributed by atoms with van der Waals surface area (Å²) in [6.07, 6.45) is -1.07. The van der Waals surface area contributed by atoms with Crippen LogP contribution >= 0.6 is 0 Å². The summed E-state index contributed by atoms with van der Waals surface area (Å²) in [6, 6.07) is 0.991. The molecule has 0 aromatic heterocycles. The molecule has 2 rings (SSSR count). The predicted octanol–water partition coefficient (Wildman–Crippen LogP) is 2.42. The van der Waals surface area contributed by atoms with Crippen LogP contribution in [0.5, 0.6) is 0 Å². The van der Waals surface area contributed by atoms with E-state index in [1.54, 1.807) is 0 Å². The summed E-state index contributed by atoms with van der Waals surface area (Å²) in [5.74, 6) is -4.44. The van der Waals surface area contributed by atoms with Crippen LogP contribution in [0.3, 0.4) is 0 Å². The molecule has 1 fully saturated rings. The Labute approximate surface area is 94.3 Å². The van der Waals surface area contributed by atoms with Gasteiger partial charge in [0.15, 0.2) is 23.7 Å². The minimum Gasteiger partial charge on any atom is -0.346 e. The van der Waals surface area contributed by atoms with E-state index in [0.717, 1.165) is 6.07 Å². The van der Waals surface area contributed by atoms with Crippen LogP contribution in [0.15, 0.2) is 11.2 Å². The van der Waals surface area contributed by atoms with Gasteiger partial charge < -0.3 is 9.47 Å². The first-order valence-electron chi connectivity index (χ1n) is 4.83. The molecular weight excluding hydrogens is 239 g/mol. The second kappa shape index (κ2) is 4.80. The van der Waals surface area contributed by atoms with Gasteiger partial charge in [-0.3, -0.25) is 0 Å². The Morgan fingerprint density at radius 2 is 1.82 bits per heavy atom. The Morgan fingerprint density at radius 3 is 2.41 bits per heavy atom. The molecule has 0 N–H and O–H groups in total. The number of halogens is 3. The first-order valence-corrected chi connectivity index (χ1v) is 4.83. The summed E-state index contributed by atoms with van der Waals surface area (Å²) >= 11 is 0. The quantitative estimate of drug-likeness (QED) is 0.608. The topological polar surface area (TPSA) is 47.9 Å². The first-order chi connectivity index (χ1) is 8.15. The van der Waals surface area contributed by atoms with Gasteiger partial charge in [-0.2, -0.15) is 4.91 Å². The van der Waals surface area contributed by atoms with Crippen molar-refractivity contribution in [2.75, 3.05) is 13.2 Å². The van der Waals surface area contributed by atoms with E-state index in [-0.39, 0.29) is 24.3 Å². The van der Waals surface area contributed by atoms with Gasteiger partial charge in [0, 0.05) is 11.1 Å². The third-order valence-electron chi connectivity index (χ3n) is 2.36. The van der Waals surface area contributed by atoms with Gasteiger partial charge in [0.25, 0.3) is 0 Å². The van der Waals surface area contributed by atoms with Crippen molar-refractivity contribution >= 4 is 0 Å². The van der Waals surface area contributed by atoms with Crippen LogP contribution in [-0.4, -0.2) is 13.2 Å².